The van der Waals surface area contributed by atoms with Crippen LogP contribution in [-0.4, -0.2) is 53.6 Å². The summed E-state index contributed by atoms with van der Waals surface area (Å²) in [6, 6.07) is 13.2. The quantitative estimate of drug-likeness (QED) is 0.641. The van der Waals surface area contributed by atoms with Gasteiger partial charge in [-0.25, -0.2) is 8.42 Å². The second-order valence-electron chi connectivity index (χ2n) is 7.38. The third-order valence-electron chi connectivity index (χ3n) is 5.24. The first-order valence-electron chi connectivity index (χ1n) is 9.89. The van der Waals surface area contributed by atoms with Crippen molar-refractivity contribution in [3.8, 4) is 11.5 Å². The molecule has 8 nitrogen and oxygen atoms in total. The molecule has 0 unspecified atom stereocenters. The van der Waals surface area contributed by atoms with Gasteiger partial charge in [-0.05, 0) is 36.6 Å². The molecule has 2 aromatic carbocycles. The third-order valence-corrected chi connectivity index (χ3v) is 6.38. The Morgan fingerprint density at radius 2 is 1.97 bits per heavy atom. The van der Waals surface area contributed by atoms with Crippen LogP contribution < -0.4 is 24.0 Å². The summed E-state index contributed by atoms with van der Waals surface area (Å²) in [5.41, 5.74) is 2.98. The minimum Gasteiger partial charge on any atom is -0.454 e. The molecule has 0 saturated carbocycles. The van der Waals surface area contributed by atoms with Crippen LogP contribution in [0.15, 0.2) is 42.5 Å². The van der Waals surface area contributed by atoms with Crippen molar-refractivity contribution in [2.45, 2.75) is 12.8 Å². The van der Waals surface area contributed by atoms with Crippen LogP contribution in [-0.2, 0) is 21.2 Å². The summed E-state index contributed by atoms with van der Waals surface area (Å²) in [5.74, 6) is 0.674. The van der Waals surface area contributed by atoms with Crippen molar-refractivity contribution in [2.24, 2.45) is 0 Å². The molecule has 0 atom stereocenters. The third kappa shape index (κ3) is 4.46. The largest absolute Gasteiger partial charge is 0.454 e. The Morgan fingerprint density at radius 3 is 2.80 bits per heavy atom. The van der Waals surface area contributed by atoms with Crippen molar-refractivity contribution in [1.29, 1.82) is 0 Å². The van der Waals surface area contributed by atoms with Crippen molar-refractivity contribution in [3.05, 3.63) is 48.0 Å². The van der Waals surface area contributed by atoms with E-state index in [-0.39, 0.29) is 19.2 Å². The monoisotopic (exact) mass is 431 g/mol. The standard InChI is InChI=1S/C21H25N3O5S/c1-30(26,27)24(17-7-8-19-20(13-17)29-15-28-19)14-21(25)22-10-4-11-23-12-9-16-5-2-3-6-18(16)23/h2-3,5-8,13H,4,9-12,14-15H2,1H3,(H,22,25). The van der Waals surface area contributed by atoms with Gasteiger partial charge in [0.1, 0.15) is 6.54 Å². The number of fused-ring (bicyclic) bond motifs is 2. The van der Waals surface area contributed by atoms with E-state index in [2.05, 4.69) is 28.4 Å². The average molecular weight is 432 g/mol. The van der Waals surface area contributed by atoms with E-state index in [1.165, 1.54) is 11.3 Å². The summed E-state index contributed by atoms with van der Waals surface area (Å²) in [7, 11) is -3.64. The number of rotatable bonds is 8. The van der Waals surface area contributed by atoms with Crippen molar-refractivity contribution < 1.29 is 22.7 Å². The highest BCUT2D eigenvalue weighted by Gasteiger charge is 2.24. The number of benzene rings is 2. The lowest BCUT2D eigenvalue weighted by Crippen LogP contribution is -2.41. The number of para-hydroxylation sites is 1. The number of amides is 1. The average Bonchev–Trinajstić information content (AvgIpc) is 3.35. The van der Waals surface area contributed by atoms with Crippen LogP contribution in [0.25, 0.3) is 0 Å². The SMILES string of the molecule is CS(=O)(=O)N(CC(=O)NCCCN1CCc2ccccc21)c1ccc2c(c1)OCO2. The summed E-state index contributed by atoms with van der Waals surface area (Å²) in [4.78, 5) is 14.7. The van der Waals surface area contributed by atoms with Gasteiger partial charge in [-0.2, -0.15) is 0 Å². The maximum atomic E-state index is 12.4. The van der Waals surface area contributed by atoms with Crippen LogP contribution in [0.2, 0.25) is 0 Å². The molecule has 0 bridgehead atoms. The zero-order valence-electron chi connectivity index (χ0n) is 16.8. The normalized spacial score (nSPS) is 14.5. The minimum atomic E-state index is -3.64. The predicted molar refractivity (Wildman–Crippen MR) is 115 cm³/mol. The molecule has 9 heteroatoms. The number of ether oxygens (including phenoxy) is 2. The van der Waals surface area contributed by atoms with Crippen LogP contribution >= 0.6 is 0 Å². The second kappa shape index (κ2) is 8.43. The van der Waals surface area contributed by atoms with E-state index in [0.29, 0.717) is 23.7 Å². The number of nitrogens with one attached hydrogen (secondary N) is 1. The number of sulfonamides is 1. The van der Waals surface area contributed by atoms with E-state index in [1.54, 1.807) is 18.2 Å². The molecule has 0 saturated heterocycles. The van der Waals surface area contributed by atoms with Crippen molar-refractivity contribution in [2.75, 3.05) is 48.4 Å². The van der Waals surface area contributed by atoms with E-state index >= 15 is 0 Å². The maximum absolute atomic E-state index is 12.4. The smallest absolute Gasteiger partial charge is 0.240 e. The molecule has 1 N–H and O–H groups in total. The molecule has 0 spiro atoms. The van der Waals surface area contributed by atoms with Gasteiger partial charge in [0, 0.05) is 31.4 Å². The summed E-state index contributed by atoms with van der Waals surface area (Å²) in [6.45, 7) is 2.12. The maximum Gasteiger partial charge on any atom is 0.240 e. The molecular weight excluding hydrogens is 406 g/mol. The van der Waals surface area contributed by atoms with Gasteiger partial charge in [0.2, 0.25) is 22.7 Å². The molecular formula is C21H25N3O5S. The molecule has 0 aromatic heterocycles. The highest BCUT2D eigenvalue weighted by molar-refractivity contribution is 7.92. The molecule has 0 aliphatic carbocycles. The minimum absolute atomic E-state index is 0.0969. The van der Waals surface area contributed by atoms with E-state index in [9.17, 15) is 13.2 Å². The van der Waals surface area contributed by atoms with E-state index < -0.39 is 10.0 Å². The number of nitrogens with zero attached hydrogens (tertiary/aromatic N) is 2. The van der Waals surface area contributed by atoms with Crippen LogP contribution in [0, 0.1) is 0 Å². The fraction of sp³-hybridized carbons (Fsp3) is 0.381. The van der Waals surface area contributed by atoms with Gasteiger partial charge in [0.25, 0.3) is 0 Å². The Labute approximate surface area is 176 Å². The van der Waals surface area contributed by atoms with Gasteiger partial charge >= 0.3 is 0 Å². The molecule has 0 radical (unpaired) electrons. The Balaban J connectivity index is 1.30. The van der Waals surface area contributed by atoms with E-state index in [4.69, 9.17) is 9.47 Å². The molecule has 160 valence electrons. The Morgan fingerprint density at radius 1 is 1.17 bits per heavy atom. The van der Waals surface area contributed by atoms with Gasteiger partial charge in [0.05, 0.1) is 11.9 Å². The summed E-state index contributed by atoms with van der Waals surface area (Å²) >= 11 is 0. The topological polar surface area (TPSA) is 88.2 Å². The molecule has 1 amide bonds. The van der Waals surface area contributed by atoms with Crippen LogP contribution in [0.5, 0.6) is 11.5 Å². The van der Waals surface area contributed by atoms with Gasteiger partial charge in [-0.3, -0.25) is 9.10 Å². The summed E-state index contributed by atoms with van der Waals surface area (Å²) in [6.07, 6.45) is 2.90. The Kier molecular flexibility index (Phi) is 5.72. The predicted octanol–water partition coefficient (Wildman–Crippen LogP) is 1.75. The molecule has 2 aliphatic rings. The lowest BCUT2D eigenvalue weighted by atomic mass is 10.2. The first kappa shape index (κ1) is 20.3. The Hall–Kier alpha value is -2.94. The number of carbonyl (C=O) groups is 1. The fourth-order valence-corrected chi connectivity index (χ4v) is 4.61. The van der Waals surface area contributed by atoms with Crippen molar-refractivity contribution in [3.63, 3.8) is 0 Å². The van der Waals surface area contributed by atoms with Gasteiger partial charge in [-0.1, -0.05) is 18.2 Å². The number of hydrogen-bond acceptors (Lipinski definition) is 6. The Bertz CT molecular complexity index is 1040. The van der Waals surface area contributed by atoms with Crippen molar-refractivity contribution in [1.82, 2.24) is 5.32 Å². The van der Waals surface area contributed by atoms with Crippen LogP contribution in [0.3, 0.4) is 0 Å². The zero-order chi connectivity index (χ0) is 21.1. The highest BCUT2D eigenvalue weighted by Crippen LogP contribution is 2.36. The van der Waals surface area contributed by atoms with Crippen molar-refractivity contribution >= 4 is 27.3 Å². The first-order valence-corrected chi connectivity index (χ1v) is 11.7. The molecule has 2 aromatic rings. The van der Waals surface area contributed by atoms with Gasteiger partial charge in [0.15, 0.2) is 11.5 Å². The summed E-state index contributed by atoms with van der Waals surface area (Å²) in [5, 5.41) is 2.83. The molecule has 30 heavy (non-hydrogen) atoms. The number of carbonyl (C=O) groups excluding carboxylic acids is 1. The molecule has 0 fully saturated rings. The molecule has 4 rings (SSSR count). The lowest BCUT2D eigenvalue weighted by molar-refractivity contribution is -0.119. The number of hydrogen-bond donors (Lipinski definition) is 1. The molecule has 2 aliphatic heterocycles. The lowest BCUT2D eigenvalue weighted by Gasteiger charge is -2.22. The molecule has 2 heterocycles. The number of anilines is 2. The van der Waals surface area contributed by atoms with E-state index in [1.807, 2.05) is 6.07 Å². The van der Waals surface area contributed by atoms with Crippen LogP contribution in [0.1, 0.15) is 12.0 Å². The van der Waals surface area contributed by atoms with Gasteiger partial charge < -0.3 is 19.7 Å². The highest BCUT2D eigenvalue weighted by atomic mass is 32.2. The van der Waals surface area contributed by atoms with Gasteiger partial charge in [-0.15, -0.1) is 0 Å². The first-order chi connectivity index (χ1) is 14.4. The zero-order valence-corrected chi connectivity index (χ0v) is 17.7. The fourth-order valence-electron chi connectivity index (χ4n) is 3.76. The summed E-state index contributed by atoms with van der Waals surface area (Å²) < 4.78 is 36.1. The van der Waals surface area contributed by atoms with Crippen LogP contribution in [0.4, 0.5) is 11.4 Å². The van der Waals surface area contributed by atoms with E-state index in [0.717, 1.165) is 36.5 Å². The second-order valence-corrected chi connectivity index (χ2v) is 9.28.